The van der Waals surface area contributed by atoms with Gasteiger partial charge in [-0.1, -0.05) is 59.6 Å². The van der Waals surface area contributed by atoms with E-state index in [9.17, 15) is 9.59 Å². The Labute approximate surface area is 207 Å². The second-order valence-corrected chi connectivity index (χ2v) is 8.07. The van der Waals surface area contributed by atoms with Crippen LogP contribution in [-0.4, -0.2) is 25.1 Å². The molecule has 34 heavy (non-hydrogen) atoms. The first-order valence-corrected chi connectivity index (χ1v) is 11.1. The first-order chi connectivity index (χ1) is 16.4. The monoisotopic (exact) mass is 499 g/mol. The van der Waals surface area contributed by atoms with E-state index < -0.39 is 11.8 Å². The molecule has 2 N–H and O–H groups in total. The van der Waals surface area contributed by atoms with Crippen LogP contribution in [0.5, 0.6) is 11.5 Å². The van der Waals surface area contributed by atoms with Crippen LogP contribution in [0.3, 0.4) is 0 Å². The molecule has 7 nitrogen and oxygen atoms in total. The van der Waals surface area contributed by atoms with Gasteiger partial charge in [-0.25, -0.2) is 5.43 Å². The van der Waals surface area contributed by atoms with Crippen LogP contribution >= 0.6 is 23.2 Å². The topological polar surface area (TPSA) is 89.0 Å². The van der Waals surface area contributed by atoms with Gasteiger partial charge < -0.3 is 14.8 Å². The van der Waals surface area contributed by atoms with E-state index in [0.717, 1.165) is 11.1 Å². The molecule has 0 bridgehead atoms. The van der Waals surface area contributed by atoms with Crippen molar-refractivity contribution in [2.24, 2.45) is 5.10 Å². The predicted octanol–water partition coefficient (Wildman–Crippen LogP) is 4.91. The molecule has 1 atom stereocenters. The highest BCUT2D eigenvalue weighted by atomic mass is 35.5. The van der Waals surface area contributed by atoms with E-state index in [-0.39, 0.29) is 12.6 Å². The fourth-order valence-corrected chi connectivity index (χ4v) is 3.30. The number of carbonyl (C=O) groups is 2. The molecule has 0 aliphatic rings. The molecule has 9 heteroatoms. The Morgan fingerprint density at radius 3 is 2.44 bits per heavy atom. The lowest BCUT2D eigenvalue weighted by molar-refractivity contribution is -0.139. The minimum Gasteiger partial charge on any atom is -0.493 e. The molecule has 176 valence electrons. The molecule has 0 aromatic heterocycles. The highest BCUT2D eigenvalue weighted by molar-refractivity contribution is 6.42. The van der Waals surface area contributed by atoms with Crippen LogP contribution < -0.4 is 20.2 Å². The summed E-state index contributed by atoms with van der Waals surface area (Å²) in [5, 5.41) is 7.40. The van der Waals surface area contributed by atoms with Gasteiger partial charge in [0.15, 0.2) is 11.5 Å². The number of methoxy groups -OCH3 is 1. The first kappa shape index (κ1) is 25.1. The lowest BCUT2D eigenvalue weighted by Gasteiger charge is -2.13. The summed E-state index contributed by atoms with van der Waals surface area (Å²) in [6.07, 6.45) is 1.40. The highest BCUT2D eigenvalue weighted by Crippen LogP contribution is 2.29. The molecule has 0 aliphatic heterocycles. The molecule has 3 aromatic rings. The number of hydrogen-bond acceptors (Lipinski definition) is 5. The molecule has 3 rings (SSSR count). The van der Waals surface area contributed by atoms with Gasteiger partial charge in [0.05, 0.1) is 29.4 Å². The summed E-state index contributed by atoms with van der Waals surface area (Å²) in [7, 11) is 1.52. The largest absolute Gasteiger partial charge is 0.493 e. The summed E-state index contributed by atoms with van der Waals surface area (Å²) in [5.41, 5.74) is 4.60. The molecule has 0 saturated carbocycles. The van der Waals surface area contributed by atoms with E-state index in [4.69, 9.17) is 32.7 Å². The van der Waals surface area contributed by atoms with Crippen molar-refractivity contribution in [2.45, 2.75) is 19.6 Å². The van der Waals surface area contributed by atoms with E-state index in [1.807, 2.05) is 36.4 Å². The molecule has 0 radical (unpaired) electrons. The lowest BCUT2D eigenvalue weighted by Crippen LogP contribution is -2.39. The molecule has 0 spiro atoms. The lowest BCUT2D eigenvalue weighted by atomic mass is 10.1. The third-order valence-corrected chi connectivity index (χ3v) is 5.54. The van der Waals surface area contributed by atoms with Gasteiger partial charge in [0.25, 0.3) is 0 Å². The average Bonchev–Trinajstić information content (AvgIpc) is 2.85. The van der Waals surface area contributed by atoms with Crippen molar-refractivity contribution in [3.8, 4) is 11.5 Å². The molecule has 0 aliphatic carbocycles. The summed E-state index contributed by atoms with van der Waals surface area (Å²) >= 11 is 12.0. The second kappa shape index (κ2) is 12.1. The van der Waals surface area contributed by atoms with Crippen LogP contribution in [0.25, 0.3) is 0 Å². The molecular weight excluding hydrogens is 477 g/mol. The van der Waals surface area contributed by atoms with Gasteiger partial charge in [0.1, 0.15) is 6.61 Å². The number of rotatable bonds is 8. The van der Waals surface area contributed by atoms with Crippen LogP contribution in [0.2, 0.25) is 10.0 Å². The number of carbonyl (C=O) groups excluding carboxylic acids is 2. The average molecular weight is 500 g/mol. The van der Waals surface area contributed by atoms with Crippen molar-refractivity contribution in [3.05, 3.63) is 93.5 Å². The van der Waals surface area contributed by atoms with Crippen molar-refractivity contribution in [1.82, 2.24) is 10.7 Å². The van der Waals surface area contributed by atoms with Crippen molar-refractivity contribution in [1.29, 1.82) is 0 Å². The van der Waals surface area contributed by atoms with Gasteiger partial charge in [0, 0.05) is 0 Å². The zero-order valence-corrected chi connectivity index (χ0v) is 20.1. The van der Waals surface area contributed by atoms with E-state index in [1.165, 1.54) is 13.3 Å². The number of nitrogens with one attached hydrogen (secondary N) is 2. The third kappa shape index (κ3) is 6.97. The number of amides is 2. The normalized spacial score (nSPS) is 11.6. The number of benzene rings is 3. The minimum atomic E-state index is -0.868. The van der Waals surface area contributed by atoms with Crippen LogP contribution in [0.15, 0.2) is 71.8 Å². The van der Waals surface area contributed by atoms with E-state index in [2.05, 4.69) is 15.8 Å². The number of nitrogens with zero attached hydrogens (tertiary/aromatic N) is 1. The van der Waals surface area contributed by atoms with E-state index in [1.54, 1.807) is 37.3 Å². The third-order valence-electron chi connectivity index (χ3n) is 4.80. The van der Waals surface area contributed by atoms with Crippen molar-refractivity contribution < 1.29 is 19.1 Å². The number of hydrazone groups is 1. The van der Waals surface area contributed by atoms with Gasteiger partial charge in [0.2, 0.25) is 0 Å². The molecule has 0 fully saturated rings. The smallest absolute Gasteiger partial charge is 0.329 e. The van der Waals surface area contributed by atoms with Gasteiger partial charge in [-0.15, -0.1) is 0 Å². The molecule has 0 unspecified atom stereocenters. The van der Waals surface area contributed by atoms with Crippen molar-refractivity contribution >= 4 is 41.2 Å². The Bertz CT molecular complexity index is 1190. The number of halogens is 2. The van der Waals surface area contributed by atoms with Crippen LogP contribution in [0.1, 0.15) is 29.7 Å². The molecular formula is C25H23Cl2N3O4. The Kier molecular flexibility index (Phi) is 8.90. The molecule has 0 saturated heterocycles. The summed E-state index contributed by atoms with van der Waals surface area (Å²) in [4.78, 5) is 24.1. The van der Waals surface area contributed by atoms with E-state index in [0.29, 0.717) is 27.1 Å². The predicted molar refractivity (Wildman–Crippen MR) is 133 cm³/mol. The second-order valence-electron chi connectivity index (χ2n) is 7.25. The fourth-order valence-electron chi connectivity index (χ4n) is 2.98. The molecule has 3 aromatic carbocycles. The van der Waals surface area contributed by atoms with Crippen LogP contribution in [-0.2, 0) is 16.2 Å². The first-order valence-electron chi connectivity index (χ1n) is 10.3. The van der Waals surface area contributed by atoms with Gasteiger partial charge in [-0.2, -0.15) is 5.10 Å². The summed E-state index contributed by atoms with van der Waals surface area (Å²) < 4.78 is 11.2. The maximum Gasteiger partial charge on any atom is 0.329 e. The van der Waals surface area contributed by atoms with Crippen LogP contribution in [0, 0.1) is 0 Å². The summed E-state index contributed by atoms with van der Waals surface area (Å²) in [6.45, 7) is 2.06. The van der Waals surface area contributed by atoms with Gasteiger partial charge >= 0.3 is 11.8 Å². The minimum absolute atomic E-state index is 0.271. The maximum absolute atomic E-state index is 12.1. The van der Waals surface area contributed by atoms with E-state index >= 15 is 0 Å². The SMILES string of the molecule is COc1cc(/C=N\NC(=O)C(=O)N[C@@H](C)c2ccccc2)ccc1OCc1ccc(Cl)c(Cl)c1. The summed E-state index contributed by atoms with van der Waals surface area (Å²) in [5.74, 6) is -0.654. The summed E-state index contributed by atoms with van der Waals surface area (Å²) in [6, 6.07) is 19.4. The zero-order chi connectivity index (χ0) is 24.5. The Morgan fingerprint density at radius 2 is 1.74 bits per heavy atom. The molecule has 0 heterocycles. The fraction of sp³-hybridized carbons (Fsp3) is 0.160. The quantitative estimate of drug-likeness (QED) is 0.261. The van der Waals surface area contributed by atoms with Gasteiger partial charge in [-0.3, -0.25) is 9.59 Å². The Morgan fingerprint density at radius 1 is 0.971 bits per heavy atom. The number of hydrogen-bond donors (Lipinski definition) is 2. The number of ether oxygens (including phenoxy) is 2. The van der Waals surface area contributed by atoms with Crippen molar-refractivity contribution in [2.75, 3.05) is 7.11 Å². The Balaban J connectivity index is 1.55. The molecule has 2 amide bonds. The standard InChI is InChI=1S/C25H23Cl2N3O4/c1-16(19-6-4-3-5-7-19)29-24(31)25(32)30-28-14-17-9-11-22(23(13-17)33-2)34-15-18-8-10-20(26)21(27)12-18/h3-14,16H,15H2,1-2H3,(H,29,31)(H,30,32)/b28-14-/t16-/m0/s1. The zero-order valence-electron chi connectivity index (χ0n) is 18.5. The maximum atomic E-state index is 12.1. The van der Waals surface area contributed by atoms with Crippen molar-refractivity contribution in [3.63, 3.8) is 0 Å². The Hall–Kier alpha value is -3.55. The highest BCUT2D eigenvalue weighted by Gasteiger charge is 2.16. The van der Waals surface area contributed by atoms with Crippen LogP contribution in [0.4, 0.5) is 0 Å². The van der Waals surface area contributed by atoms with Gasteiger partial charge in [-0.05, 0) is 53.9 Å².